The Morgan fingerprint density at radius 3 is 2.44 bits per heavy atom. The van der Waals surface area contributed by atoms with Gasteiger partial charge in [-0.05, 0) is 31.5 Å². The maximum Gasteiger partial charge on any atom is 0.340 e. The number of nitrogens with one attached hydrogen (secondary N) is 1. The lowest BCUT2D eigenvalue weighted by Gasteiger charge is -2.12. The number of anilines is 2. The SMILES string of the molecule is CCOC(=O)c1cc([N+](=O)[O-])cc([N+](=O)[O-])c1Nc1cccc(C)c1. The molecule has 2 aromatic carbocycles. The minimum absolute atomic E-state index is 0.0270. The molecule has 0 radical (unpaired) electrons. The summed E-state index contributed by atoms with van der Waals surface area (Å²) in [5, 5.41) is 25.2. The molecule has 0 aliphatic rings. The van der Waals surface area contributed by atoms with Crippen molar-refractivity contribution in [2.45, 2.75) is 13.8 Å². The molecule has 0 fully saturated rings. The molecule has 0 saturated carbocycles. The number of rotatable bonds is 6. The Balaban J connectivity index is 2.66. The third-order valence-electron chi connectivity index (χ3n) is 3.29. The average molecular weight is 345 g/mol. The summed E-state index contributed by atoms with van der Waals surface area (Å²) in [7, 11) is 0. The molecule has 0 aromatic heterocycles. The van der Waals surface area contributed by atoms with Crippen molar-refractivity contribution in [3.63, 3.8) is 0 Å². The maximum atomic E-state index is 12.2. The number of hydrogen-bond donors (Lipinski definition) is 1. The van der Waals surface area contributed by atoms with Crippen molar-refractivity contribution in [3.05, 3.63) is 67.8 Å². The summed E-state index contributed by atoms with van der Waals surface area (Å²) in [6.07, 6.45) is 0. The van der Waals surface area contributed by atoms with Gasteiger partial charge in [-0.1, -0.05) is 12.1 Å². The van der Waals surface area contributed by atoms with Gasteiger partial charge in [-0.15, -0.1) is 0 Å². The monoisotopic (exact) mass is 345 g/mol. The van der Waals surface area contributed by atoms with Crippen molar-refractivity contribution in [2.75, 3.05) is 11.9 Å². The molecule has 0 atom stereocenters. The zero-order valence-corrected chi connectivity index (χ0v) is 13.5. The molecule has 0 heterocycles. The summed E-state index contributed by atoms with van der Waals surface area (Å²) in [4.78, 5) is 33.0. The van der Waals surface area contributed by atoms with Gasteiger partial charge in [0.15, 0.2) is 0 Å². The molecule has 0 aliphatic carbocycles. The molecule has 0 unspecified atom stereocenters. The van der Waals surface area contributed by atoms with E-state index in [0.717, 1.165) is 17.7 Å². The van der Waals surface area contributed by atoms with Crippen LogP contribution in [0.1, 0.15) is 22.8 Å². The van der Waals surface area contributed by atoms with Crippen molar-refractivity contribution in [3.8, 4) is 0 Å². The highest BCUT2D eigenvalue weighted by molar-refractivity contribution is 6.00. The molecule has 130 valence electrons. The standard InChI is InChI=1S/C16H15N3O6/c1-3-25-16(20)13-8-12(18(21)22)9-14(19(23)24)15(13)17-11-6-4-5-10(2)7-11/h4-9,17H,3H2,1-2H3. The van der Waals surface area contributed by atoms with Crippen LogP contribution in [0.3, 0.4) is 0 Å². The van der Waals surface area contributed by atoms with Gasteiger partial charge in [0, 0.05) is 11.8 Å². The van der Waals surface area contributed by atoms with Crippen LogP contribution >= 0.6 is 0 Å². The number of non-ortho nitro benzene ring substituents is 1. The van der Waals surface area contributed by atoms with Crippen LogP contribution in [0.4, 0.5) is 22.7 Å². The fraction of sp³-hybridized carbons (Fsp3) is 0.188. The summed E-state index contributed by atoms with van der Waals surface area (Å²) in [6, 6.07) is 8.72. The Labute approximate surface area is 142 Å². The average Bonchev–Trinajstić information content (AvgIpc) is 2.54. The van der Waals surface area contributed by atoms with Gasteiger partial charge in [-0.2, -0.15) is 0 Å². The molecule has 0 aliphatic heterocycles. The highest BCUT2D eigenvalue weighted by Crippen LogP contribution is 2.36. The number of ether oxygens (including phenoxy) is 1. The first-order valence-corrected chi connectivity index (χ1v) is 7.31. The van der Waals surface area contributed by atoms with Crippen molar-refractivity contribution in [1.82, 2.24) is 0 Å². The number of benzene rings is 2. The molecule has 0 spiro atoms. The first kappa shape index (κ1) is 17.9. The van der Waals surface area contributed by atoms with E-state index in [1.807, 2.05) is 13.0 Å². The van der Waals surface area contributed by atoms with Crippen LogP contribution in [-0.2, 0) is 4.74 Å². The predicted molar refractivity (Wildman–Crippen MR) is 90.2 cm³/mol. The van der Waals surface area contributed by atoms with Gasteiger partial charge >= 0.3 is 5.97 Å². The van der Waals surface area contributed by atoms with Crippen LogP contribution in [0.5, 0.6) is 0 Å². The Kier molecular flexibility index (Phi) is 5.28. The molecule has 0 bridgehead atoms. The first-order chi connectivity index (χ1) is 11.8. The number of aryl methyl sites for hydroxylation is 1. The van der Waals surface area contributed by atoms with E-state index in [-0.39, 0.29) is 17.9 Å². The molecule has 25 heavy (non-hydrogen) atoms. The van der Waals surface area contributed by atoms with Crippen LogP contribution in [0, 0.1) is 27.2 Å². The van der Waals surface area contributed by atoms with E-state index in [1.54, 1.807) is 25.1 Å². The Morgan fingerprint density at radius 1 is 1.16 bits per heavy atom. The van der Waals surface area contributed by atoms with Crippen LogP contribution in [0.2, 0.25) is 0 Å². The van der Waals surface area contributed by atoms with Crippen molar-refractivity contribution >= 4 is 28.7 Å². The molecule has 1 N–H and O–H groups in total. The van der Waals surface area contributed by atoms with Crippen LogP contribution in [0.25, 0.3) is 0 Å². The van der Waals surface area contributed by atoms with Gasteiger partial charge < -0.3 is 10.1 Å². The molecule has 2 aromatic rings. The van der Waals surface area contributed by atoms with Crippen LogP contribution in [-0.4, -0.2) is 22.4 Å². The number of nitro benzene ring substituents is 2. The minimum atomic E-state index is -0.885. The molecule has 2 rings (SSSR count). The second-order valence-corrected chi connectivity index (χ2v) is 5.12. The highest BCUT2D eigenvalue weighted by atomic mass is 16.6. The number of carbonyl (C=O) groups excluding carboxylic acids is 1. The van der Waals surface area contributed by atoms with E-state index >= 15 is 0 Å². The van der Waals surface area contributed by atoms with Crippen LogP contribution in [0.15, 0.2) is 36.4 Å². The number of nitrogens with zero attached hydrogens (tertiary/aromatic N) is 2. The van der Waals surface area contributed by atoms with Gasteiger partial charge in [0.05, 0.1) is 28.1 Å². The molecule has 0 saturated heterocycles. The number of carbonyl (C=O) groups is 1. The quantitative estimate of drug-likeness (QED) is 0.480. The second kappa shape index (κ2) is 7.39. The van der Waals surface area contributed by atoms with Crippen molar-refractivity contribution in [2.24, 2.45) is 0 Å². The number of esters is 1. The summed E-state index contributed by atoms with van der Waals surface area (Å²) < 4.78 is 4.88. The summed E-state index contributed by atoms with van der Waals surface area (Å²) in [5.74, 6) is -0.885. The Morgan fingerprint density at radius 2 is 1.88 bits per heavy atom. The van der Waals surface area contributed by atoms with Gasteiger partial charge in [0.1, 0.15) is 5.69 Å². The minimum Gasteiger partial charge on any atom is -0.462 e. The topological polar surface area (TPSA) is 125 Å². The first-order valence-electron chi connectivity index (χ1n) is 7.31. The van der Waals surface area contributed by atoms with Crippen molar-refractivity contribution < 1.29 is 19.4 Å². The van der Waals surface area contributed by atoms with Crippen LogP contribution < -0.4 is 5.32 Å². The Hall–Kier alpha value is -3.49. The molecular weight excluding hydrogens is 330 g/mol. The van der Waals surface area contributed by atoms with E-state index in [1.165, 1.54) is 0 Å². The van der Waals surface area contributed by atoms with Crippen molar-refractivity contribution in [1.29, 1.82) is 0 Å². The molecule has 9 nitrogen and oxygen atoms in total. The fourth-order valence-corrected chi connectivity index (χ4v) is 2.23. The van der Waals surface area contributed by atoms with E-state index in [4.69, 9.17) is 4.74 Å². The van der Waals surface area contributed by atoms with E-state index in [0.29, 0.717) is 5.69 Å². The lowest BCUT2D eigenvalue weighted by atomic mass is 10.1. The van der Waals surface area contributed by atoms with Gasteiger partial charge in [0.2, 0.25) is 0 Å². The number of nitro groups is 2. The highest BCUT2D eigenvalue weighted by Gasteiger charge is 2.28. The Bertz CT molecular complexity index is 850. The zero-order chi connectivity index (χ0) is 18.6. The molecule has 9 heteroatoms. The molecule has 0 amide bonds. The predicted octanol–water partition coefficient (Wildman–Crippen LogP) is 3.73. The van der Waals surface area contributed by atoms with Gasteiger partial charge in [-0.3, -0.25) is 20.2 Å². The van der Waals surface area contributed by atoms with E-state index in [2.05, 4.69) is 5.32 Å². The lowest BCUT2D eigenvalue weighted by Crippen LogP contribution is -2.11. The molecular formula is C16H15N3O6. The zero-order valence-electron chi connectivity index (χ0n) is 13.5. The summed E-state index contributed by atoms with van der Waals surface area (Å²) >= 11 is 0. The maximum absolute atomic E-state index is 12.2. The lowest BCUT2D eigenvalue weighted by molar-refractivity contribution is -0.393. The second-order valence-electron chi connectivity index (χ2n) is 5.12. The van der Waals surface area contributed by atoms with Gasteiger partial charge in [-0.25, -0.2) is 4.79 Å². The number of hydrogen-bond acceptors (Lipinski definition) is 7. The smallest absolute Gasteiger partial charge is 0.340 e. The fourth-order valence-electron chi connectivity index (χ4n) is 2.23. The summed E-state index contributed by atoms with van der Waals surface area (Å²) in [6.45, 7) is 3.43. The van der Waals surface area contributed by atoms with E-state index in [9.17, 15) is 25.0 Å². The third kappa shape index (κ3) is 4.08. The normalized spacial score (nSPS) is 10.2. The van der Waals surface area contributed by atoms with Gasteiger partial charge in [0.25, 0.3) is 11.4 Å². The largest absolute Gasteiger partial charge is 0.462 e. The van der Waals surface area contributed by atoms with E-state index < -0.39 is 27.2 Å². The summed E-state index contributed by atoms with van der Waals surface area (Å²) in [5.41, 5.74) is -0.179. The third-order valence-corrected chi connectivity index (χ3v) is 3.29.